The van der Waals surface area contributed by atoms with Crippen LogP contribution in [0.4, 0.5) is 11.4 Å². The number of nitrogens with one attached hydrogen (secondary N) is 1. The molecule has 0 aliphatic carbocycles. The Morgan fingerprint density at radius 1 is 0.848 bits per heavy atom. The largest absolute Gasteiger partial charge is 0.369 e. The first kappa shape index (κ1) is 21.5. The number of para-hydroxylation sites is 2. The van der Waals surface area contributed by atoms with Crippen molar-refractivity contribution in [3.63, 3.8) is 0 Å². The number of benzene rings is 3. The lowest BCUT2D eigenvalue weighted by Gasteiger charge is -2.36. The fourth-order valence-corrected chi connectivity index (χ4v) is 5.33. The van der Waals surface area contributed by atoms with E-state index in [2.05, 4.69) is 38.3 Å². The number of piperazine rings is 1. The molecule has 0 saturated carbocycles. The normalized spacial score (nSPS) is 15.1. The van der Waals surface area contributed by atoms with Crippen LogP contribution in [0.5, 0.6) is 0 Å². The van der Waals surface area contributed by atoms with Gasteiger partial charge in [-0.1, -0.05) is 30.3 Å². The van der Waals surface area contributed by atoms with Crippen LogP contribution in [0.2, 0.25) is 0 Å². The van der Waals surface area contributed by atoms with Gasteiger partial charge in [-0.3, -0.25) is 9.62 Å². The minimum absolute atomic E-state index is 0.255. The van der Waals surface area contributed by atoms with Gasteiger partial charge in [0.1, 0.15) is 5.82 Å². The molecule has 170 valence electrons. The summed E-state index contributed by atoms with van der Waals surface area (Å²) in [6.45, 7) is 4.56. The molecule has 1 aliphatic heterocycles. The molecule has 0 spiro atoms. The number of hydrogen-bond acceptors (Lipinski definition) is 5. The summed E-state index contributed by atoms with van der Waals surface area (Å²) in [6, 6.07) is 24.2. The molecule has 2 heterocycles. The monoisotopic (exact) mass is 461 g/mol. The lowest BCUT2D eigenvalue weighted by molar-refractivity contribution is 0.242. The Labute approximate surface area is 194 Å². The standard InChI is InChI=1S/C25H27N5O2S/c1-28-24-10-6-5-9-23(24)26-25(28)19-29-15-17-30(18-16-29)21-13-11-20(12-14-21)27-33(31,32)22-7-3-2-4-8-22/h2-14,27H,15-19H2,1H3. The van der Waals surface area contributed by atoms with Gasteiger partial charge in [-0.15, -0.1) is 0 Å². The smallest absolute Gasteiger partial charge is 0.261 e. The van der Waals surface area contributed by atoms with Gasteiger partial charge in [-0.05, 0) is 48.5 Å². The van der Waals surface area contributed by atoms with E-state index in [9.17, 15) is 8.42 Å². The number of hydrogen-bond donors (Lipinski definition) is 1. The van der Waals surface area contributed by atoms with E-state index in [0.717, 1.165) is 55.3 Å². The summed E-state index contributed by atoms with van der Waals surface area (Å²) in [5.74, 6) is 1.08. The quantitative estimate of drug-likeness (QED) is 0.474. The second-order valence-electron chi connectivity index (χ2n) is 8.30. The minimum atomic E-state index is -3.58. The van der Waals surface area contributed by atoms with Crippen LogP contribution in [-0.2, 0) is 23.6 Å². The number of aromatic nitrogens is 2. The molecular formula is C25H27N5O2S. The van der Waals surface area contributed by atoms with Gasteiger partial charge in [0.15, 0.2) is 0 Å². The summed E-state index contributed by atoms with van der Waals surface area (Å²) >= 11 is 0. The highest BCUT2D eigenvalue weighted by Crippen LogP contribution is 2.23. The molecule has 7 nitrogen and oxygen atoms in total. The van der Waals surface area contributed by atoms with Crippen LogP contribution in [0.25, 0.3) is 11.0 Å². The van der Waals surface area contributed by atoms with Crippen LogP contribution >= 0.6 is 0 Å². The topological polar surface area (TPSA) is 70.5 Å². The maximum Gasteiger partial charge on any atom is 0.261 e. The van der Waals surface area contributed by atoms with Gasteiger partial charge in [0.2, 0.25) is 0 Å². The number of aryl methyl sites for hydroxylation is 1. The average molecular weight is 462 g/mol. The molecule has 4 aromatic rings. The number of anilines is 2. The molecular weight excluding hydrogens is 434 g/mol. The molecule has 1 aliphatic rings. The molecule has 0 unspecified atom stereocenters. The zero-order valence-electron chi connectivity index (χ0n) is 18.6. The maximum absolute atomic E-state index is 12.5. The van der Waals surface area contributed by atoms with Crippen molar-refractivity contribution in [2.24, 2.45) is 7.05 Å². The second-order valence-corrected chi connectivity index (χ2v) is 9.99. The number of nitrogens with zero attached hydrogens (tertiary/aromatic N) is 4. The molecule has 1 aromatic heterocycles. The van der Waals surface area contributed by atoms with Crippen molar-refractivity contribution >= 4 is 32.4 Å². The van der Waals surface area contributed by atoms with E-state index in [1.807, 2.05) is 36.4 Å². The van der Waals surface area contributed by atoms with Gasteiger partial charge in [0.05, 0.1) is 22.5 Å². The summed E-state index contributed by atoms with van der Waals surface area (Å²) in [4.78, 5) is 9.82. The second kappa shape index (κ2) is 8.88. The number of rotatable bonds is 6. The number of imidazole rings is 1. The Balaban J connectivity index is 1.19. The van der Waals surface area contributed by atoms with Crippen LogP contribution in [0, 0.1) is 0 Å². The zero-order valence-corrected chi connectivity index (χ0v) is 19.4. The highest BCUT2D eigenvalue weighted by atomic mass is 32.2. The fraction of sp³-hybridized carbons (Fsp3) is 0.240. The third kappa shape index (κ3) is 4.58. The Hall–Kier alpha value is -3.36. The predicted octanol–water partition coefficient (Wildman–Crippen LogP) is 3.70. The van der Waals surface area contributed by atoms with Crippen LogP contribution in [0.3, 0.4) is 0 Å². The molecule has 0 amide bonds. The minimum Gasteiger partial charge on any atom is -0.369 e. The van der Waals surface area contributed by atoms with E-state index in [1.165, 1.54) is 0 Å². The lowest BCUT2D eigenvalue weighted by atomic mass is 10.2. The SMILES string of the molecule is Cn1c(CN2CCN(c3ccc(NS(=O)(=O)c4ccccc4)cc3)CC2)nc2ccccc21. The summed E-state index contributed by atoms with van der Waals surface area (Å²) in [5, 5.41) is 0. The van der Waals surface area contributed by atoms with Crippen molar-refractivity contribution in [1.29, 1.82) is 0 Å². The Kier molecular flexibility index (Phi) is 5.78. The van der Waals surface area contributed by atoms with Crippen molar-refractivity contribution in [1.82, 2.24) is 14.5 Å². The van der Waals surface area contributed by atoms with Gasteiger partial charge in [0.25, 0.3) is 10.0 Å². The summed E-state index contributed by atoms with van der Waals surface area (Å²) in [6.07, 6.45) is 0. The number of sulfonamides is 1. The van der Waals surface area contributed by atoms with E-state index >= 15 is 0 Å². The first-order valence-corrected chi connectivity index (χ1v) is 12.5. The molecule has 5 rings (SSSR count). The first-order chi connectivity index (χ1) is 16.0. The highest BCUT2D eigenvalue weighted by molar-refractivity contribution is 7.92. The molecule has 3 aromatic carbocycles. The van der Waals surface area contributed by atoms with Gasteiger partial charge >= 0.3 is 0 Å². The van der Waals surface area contributed by atoms with Crippen LogP contribution in [-0.4, -0.2) is 49.0 Å². The van der Waals surface area contributed by atoms with E-state index < -0.39 is 10.0 Å². The van der Waals surface area contributed by atoms with E-state index in [0.29, 0.717) is 5.69 Å². The molecule has 1 fully saturated rings. The molecule has 1 N–H and O–H groups in total. The van der Waals surface area contributed by atoms with Crippen molar-refractivity contribution in [3.05, 3.63) is 84.7 Å². The Morgan fingerprint density at radius 3 is 2.21 bits per heavy atom. The van der Waals surface area contributed by atoms with Crippen LogP contribution < -0.4 is 9.62 Å². The first-order valence-electron chi connectivity index (χ1n) is 11.1. The fourth-order valence-electron chi connectivity index (χ4n) is 4.26. The third-order valence-corrected chi connectivity index (χ3v) is 7.55. The zero-order chi connectivity index (χ0) is 22.8. The molecule has 0 atom stereocenters. The van der Waals surface area contributed by atoms with E-state index in [4.69, 9.17) is 4.98 Å². The van der Waals surface area contributed by atoms with Gasteiger partial charge in [0, 0.05) is 44.6 Å². The molecule has 1 saturated heterocycles. The molecule has 33 heavy (non-hydrogen) atoms. The summed E-state index contributed by atoms with van der Waals surface area (Å²) in [5.41, 5.74) is 3.86. The summed E-state index contributed by atoms with van der Waals surface area (Å²) in [7, 11) is -1.50. The Bertz CT molecular complexity index is 1340. The lowest BCUT2D eigenvalue weighted by Crippen LogP contribution is -2.46. The van der Waals surface area contributed by atoms with Crippen molar-refractivity contribution < 1.29 is 8.42 Å². The van der Waals surface area contributed by atoms with Gasteiger partial charge in [-0.25, -0.2) is 13.4 Å². The average Bonchev–Trinajstić information content (AvgIpc) is 3.16. The van der Waals surface area contributed by atoms with E-state index in [1.54, 1.807) is 30.3 Å². The highest BCUT2D eigenvalue weighted by Gasteiger charge is 2.20. The van der Waals surface area contributed by atoms with Crippen LogP contribution in [0.15, 0.2) is 83.8 Å². The van der Waals surface area contributed by atoms with Crippen molar-refractivity contribution in [2.45, 2.75) is 11.4 Å². The molecule has 0 radical (unpaired) electrons. The van der Waals surface area contributed by atoms with Crippen molar-refractivity contribution in [2.75, 3.05) is 35.8 Å². The Morgan fingerprint density at radius 2 is 1.52 bits per heavy atom. The maximum atomic E-state index is 12.5. The number of fused-ring (bicyclic) bond motifs is 1. The molecule has 8 heteroatoms. The van der Waals surface area contributed by atoms with Gasteiger partial charge in [-0.2, -0.15) is 0 Å². The van der Waals surface area contributed by atoms with E-state index in [-0.39, 0.29) is 4.90 Å². The summed E-state index contributed by atoms with van der Waals surface area (Å²) < 4.78 is 29.9. The van der Waals surface area contributed by atoms with Gasteiger partial charge < -0.3 is 9.47 Å². The third-order valence-electron chi connectivity index (χ3n) is 6.16. The molecule has 0 bridgehead atoms. The van der Waals surface area contributed by atoms with Crippen LogP contribution in [0.1, 0.15) is 5.82 Å². The predicted molar refractivity (Wildman–Crippen MR) is 132 cm³/mol. The van der Waals surface area contributed by atoms with Crippen molar-refractivity contribution in [3.8, 4) is 0 Å².